The molecule has 0 amide bonds. The lowest BCUT2D eigenvalue weighted by atomic mass is 9.46. The van der Waals surface area contributed by atoms with Gasteiger partial charge in [-0.2, -0.15) is 0 Å². The number of aryl methyl sites for hydroxylation is 1. The molecule has 4 saturated carbocycles. The fourth-order valence-electron chi connectivity index (χ4n) is 9.70. The van der Waals surface area contributed by atoms with E-state index in [1.807, 2.05) is 6.92 Å². The fourth-order valence-corrected chi connectivity index (χ4v) is 9.70. The molecule has 3 atom stereocenters. The second-order valence-electron chi connectivity index (χ2n) is 12.9. The van der Waals surface area contributed by atoms with Crippen molar-refractivity contribution < 1.29 is 27.9 Å². The summed E-state index contributed by atoms with van der Waals surface area (Å²) in [6.07, 6.45) is 9.92. The van der Waals surface area contributed by atoms with Gasteiger partial charge in [-0.1, -0.05) is 6.92 Å². The predicted molar refractivity (Wildman–Crippen MR) is 124 cm³/mol. The molecule has 7 aliphatic rings. The van der Waals surface area contributed by atoms with E-state index in [0.29, 0.717) is 46.5 Å². The number of rotatable bonds is 5. The van der Waals surface area contributed by atoms with Gasteiger partial charge in [0.05, 0.1) is 0 Å². The number of carbonyl (C=O) groups excluding carboxylic acids is 2. The second kappa shape index (κ2) is 5.79. The molecule has 4 aliphatic carbocycles. The summed E-state index contributed by atoms with van der Waals surface area (Å²) >= 11 is 0. The highest BCUT2D eigenvalue weighted by Crippen LogP contribution is 2.64. The number of hydrogen-bond acceptors (Lipinski definition) is 6. The monoisotopic (exact) mass is 472 g/mol. The van der Waals surface area contributed by atoms with Gasteiger partial charge in [0, 0.05) is 29.5 Å². The number of esters is 2. The Morgan fingerprint density at radius 3 is 2.51 bits per heavy atom. The van der Waals surface area contributed by atoms with Gasteiger partial charge in [-0.25, -0.2) is 4.79 Å². The number of benzene rings is 1. The molecule has 3 aromatic heterocycles. The van der Waals surface area contributed by atoms with Crippen molar-refractivity contribution in [2.75, 3.05) is 0 Å². The molecular formula is C29H28O6. The van der Waals surface area contributed by atoms with Crippen LogP contribution >= 0.6 is 0 Å². The van der Waals surface area contributed by atoms with E-state index in [1.54, 1.807) is 0 Å². The van der Waals surface area contributed by atoms with Crippen molar-refractivity contribution >= 4 is 23.1 Å². The summed E-state index contributed by atoms with van der Waals surface area (Å²) in [4.78, 5) is 25.7. The molecule has 180 valence electrons. The normalized spacial score (nSPS) is 37.3. The first-order valence-corrected chi connectivity index (χ1v) is 13.3. The van der Waals surface area contributed by atoms with Crippen LogP contribution in [0.2, 0.25) is 0 Å². The van der Waals surface area contributed by atoms with Crippen molar-refractivity contribution in [3.8, 4) is 11.5 Å². The molecule has 10 rings (SSSR count). The smallest absolute Gasteiger partial charge is 0.348 e. The van der Waals surface area contributed by atoms with Crippen LogP contribution < -0.4 is 9.47 Å². The summed E-state index contributed by atoms with van der Waals surface area (Å²) < 4.78 is 23.4. The van der Waals surface area contributed by atoms with Crippen molar-refractivity contribution in [3.63, 3.8) is 0 Å². The van der Waals surface area contributed by atoms with Gasteiger partial charge in [-0.3, -0.25) is 4.79 Å². The zero-order valence-corrected chi connectivity index (χ0v) is 20.1. The van der Waals surface area contributed by atoms with Crippen molar-refractivity contribution in [2.24, 2.45) is 29.1 Å². The number of carbonyl (C=O) groups is 2. The van der Waals surface area contributed by atoms with Crippen LogP contribution in [0.4, 0.5) is 0 Å². The van der Waals surface area contributed by atoms with Gasteiger partial charge in [0.1, 0.15) is 22.3 Å². The standard InChI is InChI=1S/C29H28O6/c1-12-21-18(20-24(33-21)22(12)34-26(20)30)7-17-19-11-29(25(32-19)23(17)35-27(29)31)4-3-16-14-5-13-6-15(16)10-28(2,8-13)9-14/h13-16H,3-11H2,1-2H3/t13?,14?,15?,16?,28?,29-/m1/s1. The molecule has 35 heavy (non-hydrogen) atoms. The molecule has 6 nitrogen and oxygen atoms in total. The molecule has 0 spiro atoms. The van der Waals surface area contributed by atoms with Gasteiger partial charge in [-0.05, 0) is 81.0 Å². The molecule has 6 heterocycles. The van der Waals surface area contributed by atoms with Crippen LogP contribution in [0, 0.1) is 36.0 Å². The van der Waals surface area contributed by atoms with E-state index in [1.165, 1.54) is 32.1 Å². The Morgan fingerprint density at radius 2 is 1.74 bits per heavy atom. The van der Waals surface area contributed by atoms with Crippen LogP contribution in [-0.4, -0.2) is 11.9 Å². The fraction of sp³-hybridized carbons (Fsp3) is 0.586. The zero-order valence-electron chi connectivity index (χ0n) is 20.1. The summed E-state index contributed by atoms with van der Waals surface area (Å²) in [5.41, 5.74) is 4.30. The summed E-state index contributed by atoms with van der Waals surface area (Å²) in [7, 11) is 0. The molecule has 3 aliphatic heterocycles. The lowest BCUT2D eigenvalue weighted by molar-refractivity contribution is -0.139. The Hall–Kier alpha value is -2.76. The van der Waals surface area contributed by atoms with Crippen molar-refractivity contribution in [2.45, 2.75) is 77.0 Å². The minimum atomic E-state index is -0.632. The van der Waals surface area contributed by atoms with Crippen LogP contribution in [0.1, 0.15) is 90.4 Å². The highest BCUT2D eigenvalue weighted by molar-refractivity contribution is 6.11. The Labute approximate surface area is 202 Å². The largest absolute Gasteiger partial charge is 0.460 e. The van der Waals surface area contributed by atoms with Crippen molar-refractivity contribution in [1.29, 1.82) is 0 Å². The van der Waals surface area contributed by atoms with Crippen LogP contribution in [0.25, 0.3) is 11.2 Å². The lowest BCUT2D eigenvalue weighted by Gasteiger charge is -2.59. The average Bonchev–Trinajstić information content (AvgIpc) is 3.57. The van der Waals surface area contributed by atoms with Crippen molar-refractivity contribution in [1.82, 2.24) is 0 Å². The first kappa shape index (κ1) is 19.4. The maximum atomic E-state index is 13.3. The quantitative estimate of drug-likeness (QED) is 0.434. The third kappa shape index (κ3) is 2.16. The molecule has 0 N–H and O–H groups in total. The minimum Gasteiger partial charge on any atom is -0.460 e. The minimum absolute atomic E-state index is 0.147. The lowest BCUT2D eigenvalue weighted by Crippen LogP contribution is -2.50. The molecule has 0 saturated heterocycles. The molecule has 8 bridgehead atoms. The van der Waals surface area contributed by atoms with E-state index >= 15 is 0 Å². The molecular weight excluding hydrogens is 444 g/mol. The van der Waals surface area contributed by atoms with E-state index in [-0.39, 0.29) is 11.9 Å². The predicted octanol–water partition coefficient (Wildman–Crippen LogP) is 5.85. The highest BCUT2D eigenvalue weighted by atomic mass is 16.6. The third-order valence-corrected chi connectivity index (χ3v) is 10.9. The summed E-state index contributed by atoms with van der Waals surface area (Å²) in [6, 6.07) is 0. The van der Waals surface area contributed by atoms with E-state index in [4.69, 9.17) is 18.3 Å². The average molecular weight is 473 g/mol. The van der Waals surface area contributed by atoms with Crippen molar-refractivity contribution in [3.05, 3.63) is 33.8 Å². The van der Waals surface area contributed by atoms with Gasteiger partial charge in [0.15, 0.2) is 22.8 Å². The maximum absolute atomic E-state index is 13.3. The first-order valence-electron chi connectivity index (χ1n) is 13.3. The van der Waals surface area contributed by atoms with Crippen LogP contribution in [0.3, 0.4) is 0 Å². The Balaban J connectivity index is 1.02. The van der Waals surface area contributed by atoms with E-state index in [2.05, 4.69) is 6.92 Å². The number of hydrogen-bond donors (Lipinski definition) is 0. The highest BCUT2D eigenvalue weighted by Gasteiger charge is 2.60. The van der Waals surface area contributed by atoms with Gasteiger partial charge >= 0.3 is 11.9 Å². The maximum Gasteiger partial charge on any atom is 0.348 e. The SMILES string of the molecule is Cc1c2c3oc1c(Cc1c4oc5c1OC(=O)[C@]5(CCC1C5CC6CC1CC(C)(C6)C5)C4)c3C(=O)O2. The second-order valence-corrected chi connectivity index (χ2v) is 12.9. The van der Waals surface area contributed by atoms with E-state index < -0.39 is 5.41 Å². The zero-order chi connectivity index (χ0) is 23.4. The molecule has 4 fully saturated rings. The van der Waals surface area contributed by atoms with Crippen LogP contribution in [0.5, 0.6) is 11.5 Å². The van der Waals surface area contributed by atoms with E-state index in [0.717, 1.165) is 64.7 Å². The Bertz CT molecular complexity index is 1470. The third-order valence-electron chi connectivity index (χ3n) is 10.9. The summed E-state index contributed by atoms with van der Waals surface area (Å²) in [5, 5.41) is 0. The summed E-state index contributed by atoms with van der Waals surface area (Å²) in [5.74, 6) is 5.56. The Morgan fingerprint density at radius 1 is 0.943 bits per heavy atom. The van der Waals surface area contributed by atoms with Gasteiger partial charge in [0.25, 0.3) is 0 Å². The molecule has 2 unspecified atom stereocenters. The molecule has 6 heteroatoms. The van der Waals surface area contributed by atoms with Crippen LogP contribution in [-0.2, 0) is 23.1 Å². The first-order chi connectivity index (χ1) is 16.8. The van der Waals surface area contributed by atoms with Gasteiger partial charge in [-0.15, -0.1) is 0 Å². The van der Waals surface area contributed by atoms with Crippen LogP contribution in [0.15, 0.2) is 8.83 Å². The van der Waals surface area contributed by atoms with E-state index in [9.17, 15) is 9.59 Å². The molecule has 3 aromatic rings. The van der Waals surface area contributed by atoms with Gasteiger partial charge < -0.3 is 18.3 Å². The number of ether oxygens (including phenoxy) is 2. The summed E-state index contributed by atoms with van der Waals surface area (Å²) in [6.45, 7) is 4.42. The Kier molecular flexibility index (Phi) is 3.21. The number of furan rings is 3. The molecule has 0 radical (unpaired) electrons. The van der Waals surface area contributed by atoms with Gasteiger partial charge in [0.2, 0.25) is 0 Å². The number of fused-ring (bicyclic) bond motifs is 2. The topological polar surface area (TPSA) is 78.9 Å². The molecule has 0 aromatic carbocycles.